The van der Waals surface area contributed by atoms with Crippen molar-refractivity contribution in [1.29, 1.82) is 0 Å². The second-order valence-electron chi connectivity index (χ2n) is 6.48. The van der Waals surface area contributed by atoms with E-state index in [2.05, 4.69) is 26.8 Å². The van der Waals surface area contributed by atoms with Crippen molar-refractivity contribution in [3.8, 4) is 11.4 Å². The number of imidazole rings is 1. The Hall–Kier alpha value is -1.96. The van der Waals surface area contributed by atoms with Crippen LogP contribution in [-0.4, -0.2) is 55.4 Å². The molecule has 0 amide bonds. The molecule has 8 heteroatoms. The van der Waals surface area contributed by atoms with Crippen LogP contribution in [0.2, 0.25) is 5.02 Å². The molecule has 1 aromatic carbocycles. The molecule has 1 fully saturated rings. The molecule has 3 aromatic rings. The molecule has 2 aromatic heterocycles. The molecule has 1 aliphatic rings. The molecule has 6 nitrogen and oxygen atoms in total. The maximum Gasteiger partial charge on any atom is 0.140 e. The van der Waals surface area contributed by atoms with Crippen LogP contribution in [0.3, 0.4) is 0 Å². The summed E-state index contributed by atoms with van der Waals surface area (Å²) in [6.45, 7) is 4.38. The maximum absolute atomic E-state index is 11.8. The second-order valence-corrected chi connectivity index (χ2v) is 8.21. The van der Waals surface area contributed by atoms with Gasteiger partial charge in [0.1, 0.15) is 11.6 Å². The van der Waals surface area contributed by atoms with Crippen LogP contribution in [0.25, 0.3) is 22.4 Å². The van der Waals surface area contributed by atoms with E-state index in [1.165, 1.54) is 0 Å². The molecule has 0 saturated carbocycles. The molecular weight excluding hydrogens is 370 g/mol. The predicted molar refractivity (Wildman–Crippen MR) is 107 cm³/mol. The van der Waals surface area contributed by atoms with E-state index in [4.69, 9.17) is 11.6 Å². The highest BCUT2D eigenvalue weighted by Crippen LogP contribution is 2.30. The van der Waals surface area contributed by atoms with Crippen LogP contribution in [0, 0.1) is 0 Å². The van der Waals surface area contributed by atoms with Gasteiger partial charge in [0.15, 0.2) is 0 Å². The van der Waals surface area contributed by atoms with Crippen LogP contribution in [0.5, 0.6) is 0 Å². The van der Waals surface area contributed by atoms with Crippen molar-refractivity contribution in [3.05, 3.63) is 41.6 Å². The Morgan fingerprint density at radius 3 is 2.85 bits per heavy atom. The molecule has 2 atom stereocenters. The van der Waals surface area contributed by atoms with Crippen LogP contribution in [-0.2, 0) is 11.0 Å². The van der Waals surface area contributed by atoms with Gasteiger partial charge in [-0.3, -0.25) is 0 Å². The van der Waals surface area contributed by atoms with Crippen LogP contribution in [0.1, 0.15) is 6.92 Å². The van der Waals surface area contributed by atoms with Crippen LogP contribution < -0.4 is 4.90 Å². The number of aromatic nitrogens is 3. The van der Waals surface area contributed by atoms with Gasteiger partial charge in [0.25, 0.3) is 0 Å². The largest absolute Gasteiger partial charge is 0.354 e. The summed E-state index contributed by atoms with van der Waals surface area (Å²) in [4.78, 5) is 14.7. The van der Waals surface area contributed by atoms with Crippen molar-refractivity contribution >= 4 is 39.4 Å². The van der Waals surface area contributed by atoms with Crippen molar-refractivity contribution in [1.82, 2.24) is 19.3 Å². The van der Waals surface area contributed by atoms with E-state index in [1.807, 2.05) is 34.6 Å². The Bertz CT molecular complexity index is 942. The lowest BCUT2D eigenvalue weighted by atomic mass is 10.2. The Morgan fingerprint density at radius 1 is 1.31 bits per heavy atom. The lowest BCUT2D eigenvalue weighted by molar-refractivity contribution is 0.323. The molecule has 2 unspecified atom stereocenters. The van der Waals surface area contributed by atoms with Crippen molar-refractivity contribution in [3.63, 3.8) is 0 Å². The number of hydrogen-bond acceptors (Lipinski definition) is 4. The topological polar surface area (TPSA) is 65.1 Å². The fraction of sp³-hybridized carbons (Fsp3) is 0.333. The number of halogens is 1. The van der Waals surface area contributed by atoms with E-state index in [1.54, 1.807) is 12.5 Å². The molecule has 1 N–H and O–H groups in total. The summed E-state index contributed by atoms with van der Waals surface area (Å²) in [7, 11) is -0.950. The summed E-state index contributed by atoms with van der Waals surface area (Å²) >= 11 is 6.40. The van der Waals surface area contributed by atoms with Gasteiger partial charge >= 0.3 is 0 Å². The van der Waals surface area contributed by atoms with Gasteiger partial charge in [0.2, 0.25) is 0 Å². The number of pyridine rings is 1. The van der Waals surface area contributed by atoms with Crippen molar-refractivity contribution < 1.29 is 4.21 Å². The number of piperazine rings is 1. The summed E-state index contributed by atoms with van der Waals surface area (Å²) in [6, 6.07) is 10.1. The minimum absolute atomic E-state index is 0.196. The number of para-hydroxylation sites is 2. The average Bonchev–Trinajstić information content (AvgIpc) is 3.05. The molecule has 4 rings (SSSR count). The zero-order valence-corrected chi connectivity index (χ0v) is 16.2. The third-order valence-corrected chi connectivity index (χ3v) is 6.21. The Morgan fingerprint density at radius 2 is 2.12 bits per heavy atom. The van der Waals surface area contributed by atoms with Crippen LogP contribution >= 0.6 is 11.6 Å². The highest BCUT2D eigenvalue weighted by atomic mass is 35.5. The van der Waals surface area contributed by atoms with E-state index in [-0.39, 0.29) is 6.04 Å². The van der Waals surface area contributed by atoms with Gasteiger partial charge in [-0.15, -0.1) is 0 Å². The van der Waals surface area contributed by atoms with Crippen molar-refractivity contribution in [2.75, 3.05) is 30.8 Å². The summed E-state index contributed by atoms with van der Waals surface area (Å²) in [5.74, 6) is 1.60. The minimum Gasteiger partial charge on any atom is -0.354 e. The Kier molecular flexibility index (Phi) is 4.69. The van der Waals surface area contributed by atoms with E-state index < -0.39 is 11.0 Å². The number of H-pyrrole nitrogens is 1. The number of anilines is 1. The quantitative estimate of drug-likeness (QED) is 0.747. The fourth-order valence-corrected chi connectivity index (χ4v) is 4.50. The lowest BCUT2D eigenvalue weighted by Gasteiger charge is -2.38. The molecule has 0 bridgehead atoms. The second kappa shape index (κ2) is 6.98. The third kappa shape index (κ3) is 3.22. The van der Waals surface area contributed by atoms with E-state index in [9.17, 15) is 4.21 Å². The Balaban J connectivity index is 1.65. The van der Waals surface area contributed by atoms with Crippen LogP contribution in [0.15, 0.2) is 36.5 Å². The molecule has 3 heterocycles. The first-order valence-corrected chi connectivity index (χ1v) is 10.4. The number of aromatic amines is 1. The van der Waals surface area contributed by atoms with Gasteiger partial charge in [0, 0.05) is 43.7 Å². The van der Waals surface area contributed by atoms with E-state index in [0.29, 0.717) is 5.02 Å². The standard InChI is InChI=1S/C18H20ClN5OS/c1-12-11-23(7-8-24(12)26(2)25)17-9-13(14(19)10-20-17)18-21-15-5-3-4-6-16(15)22-18/h3-6,9-10,12H,7-8,11H2,1-2H3,(H,21,22). The number of hydrogen-bond donors (Lipinski definition) is 1. The first-order chi connectivity index (χ1) is 12.5. The highest BCUT2D eigenvalue weighted by Gasteiger charge is 2.27. The summed E-state index contributed by atoms with van der Waals surface area (Å²) < 4.78 is 13.8. The summed E-state index contributed by atoms with van der Waals surface area (Å²) in [6.07, 6.45) is 3.40. The summed E-state index contributed by atoms with van der Waals surface area (Å²) in [5, 5.41) is 0.564. The molecule has 26 heavy (non-hydrogen) atoms. The van der Waals surface area contributed by atoms with Crippen molar-refractivity contribution in [2.45, 2.75) is 13.0 Å². The first kappa shape index (κ1) is 17.5. The zero-order chi connectivity index (χ0) is 18.3. The number of nitrogens with one attached hydrogen (secondary N) is 1. The smallest absolute Gasteiger partial charge is 0.140 e. The van der Waals surface area contributed by atoms with E-state index >= 15 is 0 Å². The zero-order valence-electron chi connectivity index (χ0n) is 14.6. The van der Waals surface area contributed by atoms with Gasteiger partial charge in [0.05, 0.1) is 27.0 Å². The molecule has 0 radical (unpaired) electrons. The van der Waals surface area contributed by atoms with Gasteiger partial charge in [-0.2, -0.15) is 0 Å². The normalized spacial score (nSPS) is 19.8. The highest BCUT2D eigenvalue weighted by molar-refractivity contribution is 7.81. The van der Waals surface area contributed by atoms with Gasteiger partial charge in [-0.25, -0.2) is 18.5 Å². The first-order valence-electron chi connectivity index (χ1n) is 8.48. The maximum atomic E-state index is 11.8. The van der Waals surface area contributed by atoms with Gasteiger partial charge in [-0.05, 0) is 25.1 Å². The molecule has 136 valence electrons. The minimum atomic E-state index is -0.950. The predicted octanol–water partition coefficient (Wildman–Crippen LogP) is 3.08. The average molecular weight is 390 g/mol. The monoisotopic (exact) mass is 389 g/mol. The number of fused-ring (bicyclic) bond motifs is 1. The lowest BCUT2D eigenvalue weighted by Crippen LogP contribution is -2.52. The Labute approximate surface area is 159 Å². The van der Waals surface area contributed by atoms with Gasteiger partial charge in [-0.1, -0.05) is 23.7 Å². The SMILES string of the molecule is CC1CN(c2cc(-c3nc4ccccc4[nH]3)c(Cl)cn2)CCN1S(C)=O. The molecule has 0 spiro atoms. The van der Waals surface area contributed by atoms with E-state index in [0.717, 1.165) is 47.9 Å². The molecular formula is C18H20ClN5OS. The van der Waals surface area contributed by atoms with Crippen LogP contribution in [0.4, 0.5) is 5.82 Å². The molecule has 1 saturated heterocycles. The third-order valence-electron chi connectivity index (χ3n) is 4.71. The molecule has 0 aliphatic carbocycles. The number of nitrogens with zero attached hydrogens (tertiary/aromatic N) is 4. The van der Waals surface area contributed by atoms with Gasteiger partial charge < -0.3 is 9.88 Å². The summed E-state index contributed by atoms with van der Waals surface area (Å²) in [5.41, 5.74) is 2.72. The van der Waals surface area contributed by atoms with Crippen molar-refractivity contribution in [2.24, 2.45) is 0 Å². The molecule has 1 aliphatic heterocycles. The fourth-order valence-electron chi connectivity index (χ4n) is 3.39. The number of rotatable bonds is 3. The number of benzene rings is 1.